The van der Waals surface area contributed by atoms with Crippen LogP contribution in [0.5, 0.6) is 5.75 Å². The van der Waals surface area contributed by atoms with Crippen LogP contribution in [-0.4, -0.2) is 17.3 Å². The summed E-state index contributed by atoms with van der Waals surface area (Å²) >= 11 is 0. The molecule has 0 aliphatic heterocycles. The summed E-state index contributed by atoms with van der Waals surface area (Å²) in [5.41, 5.74) is 6.64. The number of rotatable bonds is 4. The van der Waals surface area contributed by atoms with Crippen LogP contribution >= 0.6 is 0 Å². The van der Waals surface area contributed by atoms with E-state index in [0.29, 0.717) is 0 Å². The molecule has 0 bridgehead atoms. The first-order valence-electron chi connectivity index (χ1n) is 6.31. The Morgan fingerprint density at radius 1 is 1.11 bits per heavy atom. The summed E-state index contributed by atoms with van der Waals surface area (Å²) in [4.78, 5) is 0. The molecule has 0 aliphatic rings. The molecule has 0 saturated heterocycles. The van der Waals surface area contributed by atoms with E-state index in [-0.39, 0.29) is 23.7 Å². The molecule has 0 amide bonds. The number of benzene rings is 1. The molecular weight excluding hydrogens is 226 g/mol. The maximum absolute atomic E-state index is 9.33. The molecule has 18 heavy (non-hydrogen) atoms. The molecular formula is C15H25NO2. The minimum atomic E-state index is -0.327. The van der Waals surface area contributed by atoms with Gasteiger partial charge in [0.25, 0.3) is 0 Å². The normalized spacial score (nSPS) is 14.4. The van der Waals surface area contributed by atoms with Crippen molar-refractivity contribution in [2.24, 2.45) is 11.1 Å². The van der Waals surface area contributed by atoms with E-state index in [1.54, 1.807) is 0 Å². The molecule has 0 saturated carbocycles. The van der Waals surface area contributed by atoms with Crippen LogP contribution < -0.4 is 10.5 Å². The van der Waals surface area contributed by atoms with Gasteiger partial charge in [-0.15, -0.1) is 0 Å². The molecule has 0 radical (unpaired) electrons. The molecule has 1 aromatic carbocycles. The van der Waals surface area contributed by atoms with E-state index in [2.05, 4.69) is 0 Å². The second kappa shape index (κ2) is 5.29. The van der Waals surface area contributed by atoms with Gasteiger partial charge < -0.3 is 15.6 Å². The Hall–Kier alpha value is -1.06. The summed E-state index contributed by atoms with van der Waals surface area (Å²) in [6, 6.07) is 7.58. The van der Waals surface area contributed by atoms with Gasteiger partial charge in [-0.25, -0.2) is 0 Å². The maximum Gasteiger partial charge on any atom is 0.120 e. The quantitative estimate of drug-likeness (QED) is 0.865. The second-order valence-electron chi connectivity index (χ2n) is 6.41. The molecule has 0 aromatic heterocycles. The predicted molar refractivity (Wildman–Crippen MR) is 74.6 cm³/mol. The van der Waals surface area contributed by atoms with Crippen molar-refractivity contribution in [3.05, 3.63) is 29.8 Å². The molecule has 0 unspecified atom stereocenters. The van der Waals surface area contributed by atoms with E-state index < -0.39 is 0 Å². The van der Waals surface area contributed by atoms with Crippen LogP contribution in [0.2, 0.25) is 0 Å². The van der Waals surface area contributed by atoms with E-state index >= 15 is 0 Å². The molecule has 0 heterocycles. The van der Waals surface area contributed by atoms with Gasteiger partial charge in [-0.3, -0.25) is 0 Å². The molecule has 0 aliphatic carbocycles. The molecule has 3 heteroatoms. The number of nitrogens with two attached hydrogens (primary N) is 1. The van der Waals surface area contributed by atoms with Gasteiger partial charge in [0.05, 0.1) is 0 Å². The van der Waals surface area contributed by atoms with E-state index in [9.17, 15) is 5.11 Å². The topological polar surface area (TPSA) is 55.5 Å². The lowest BCUT2D eigenvalue weighted by atomic mass is 9.82. The van der Waals surface area contributed by atoms with Crippen molar-refractivity contribution in [3.8, 4) is 5.75 Å². The summed E-state index contributed by atoms with van der Waals surface area (Å²) in [6.45, 7) is 10.0. The Balaban J connectivity index is 2.83. The first-order valence-corrected chi connectivity index (χ1v) is 6.31. The lowest BCUT2D eigenvalue weighted by Crippen LogP contribution is -2.32. The average molecular weight is 251 g/mol. The van der Waals surface area contributed by atoms with E-state index in [1.807, 2.05) is 58.9 Å². The minimum Gasteiger partial charge on any atom is -0.488 e. The van der Waals surface area contributed by atoms with Gasteiger partial charge in [0, 0.05) is 18.1 Å². The Kier molecular flexibility index (Phi) is 4.41. The highest BCUT2D eigenvalue weighted by molar-refractivity contribution is 5.30. The first kappa shape index (κ1) is 15.0. The van der Waals surface area contributed by atoms with Crippen molar-refractivity contribution in [2.75, 3.05) is 6.61 Å². The van der Waals surface area contributed by atoms with Gasteiger partial charge in [-0.05, 0) is 38.5 Å². The molecule has 102 valence electrons. The fraction of sp³-hybridized carbons (Fsp3) is 0.600. The van der Waals surface area contributed by atoms with Crippen molar-refractivity contribution < 1.29 is 9.84 Å². The summed E-state index contributed by atoms with van der Waals surface area (Å²) in [5, 5.41) is 9.33. The Labute approximate surface area is 110 Å². The molecule has 1 rings (SSSR count). The van der Waals surface area contributed by atoms with Gasteiger partial charge in [0.1, 0.15) is 11.4 Å². The number of aliphatic hydroxyl groups excluding tert-OH is 1. The van der Waals surface area contributed by atoms with E-state index in [0.717, 1.165) is 11.3 Å². The summed E-state index contributed by atoms with van der Waals surface area (Å²) < 4.78 is 5.76. The van der Waals surface area contributed by atoms with Gasteiger partial charge in [0.15, 0.2) is 0 Å². The molecule has 3 nitrogen and oxygen atoms in total. The van der Waals surface area contributed by atoms with Gasteiger partial charge in [-0.1, -0.05) is 26.0 Å². The zero-order valence-corrected chi connectivity index (χ0v) is 12.0. The van der Waals surface area contributed by atoms with Crippen molar-refractivity contribution in [3.63, 3.8) is 0 Å². The van der Waals surface area contributed by atoms with Crippen molar-refractivity contribution >= 4 is 0 Å². The SMILES string of the molecule is CC(C)(C)Oc1ccc([C@H](N)C(C)(C)CO)cc1. The average Bonchev–Trinajstić information content (AvgIpc) is 2.27. The Morgan fingerprint density at radius 2 is 1.61 bits per heavy atom. The molecule has 3 N–H and O–H groups in total. The number of hydrogen-bond donors (Lipinski definition) is 2. The highest BCUT2D eigenvalue weighted by atomic mass is 16.5. The molecule has 0 spiro atoms. The summed E-state index contributed by atoms with van der Waals surface area (Å²) in [5.74, 6) is 0.834. The van der Waals surface area contributed by atoms with Crippen molar-refractivity contribution in [2.45, 2.75) is 46.3 Å². The van der Waals surface area contributed by atoms with Crippen LogP contribution in [0.15, 0.2) is 24.3 Å². The lowest BCUT2D eigenvalue weighted by molar-refractivity contribution is 0.129. The number of aliphatic hydroxyl groups is 1. The van der Waals surface area contributed by atoms with Crippen molar-refractivity contribution in [1.29, 1.82) is 0 Å². The van der Waals surface area contributed by atoms with Crippen LogP contribution in [0.1, 0.15) is 46.2 Å². The fourth-order valence-electron chi connectivity index (χ4n) is 1.65. The molecule has 0 fully saturated rings. The zero-order valence-electron chi connectivity index (χ0n) is 12.0. The summed E-state index contributed by atoms with van der Waals surface area (Å²) in [6.07, 6.45) is 0. The number of hydrogen-bond acceptors (Lipinski definition) is 3. The largest absolute Gasteiger partial charge is 0.488 e. The third kappa shape index (κ3) is 4.00. The van der Waals surface area contributed by atoms with Crippen LogP contribution in [0.3, 0.4) is 0 Å². The fourth-order valence-corrected chi connectivity index (χ4v) is 1.65. The number of ether oxygens (including phenoxy) is 1. The third-order valence-corrected chi connectivity index (χ3v) is 2.91. The van der Waals surface area contributed by atoms with Crippen LogP contribution in [0.25, 0.3) is 0 Å². The minimum absolute atomic E-state index is 0.0639. The Morgan fingerprint density at radius 3 is 2.00 bits per heavy atom. The van der Waals surface area contributed by atoms with Crippen LogP contribution in [0, 0.1) is 5.41 Å². The highest BCUT2D eigenvalue weighted by Crippen LogP contribution is 2.31. The van der Waals surface area contributed by atoms with E-state index in [4.69, 9.17) is 10.5 Å². The monoisotopic (exact) mass is 251 g/mol. The standard InChI is InChI=1S/C15H25NO2/c1-14(2,3)18-12-8-6-11(7-9-12)13(16)15(4,5)10-17/h6-9,13,17H,10,16H2,1-5H3/t13-/m0/s1. The van der Waals surface area contributed by atoms with Gasteiger partial charge in [0.2, 0.25) is 0 Å². The predicted octanol–water partition coefficient (Wildman–Crippen LogP) is 2.88. The summed E-state index contributed by atoms with van der Waals surface area (Å²) in [7, 11) is 0. The molecule has 1 aromatic rings. The smallest absolute Gasteiger partial charge is 0.120 e. The maximum atomic E-state index is 9.33. The van der Waals surface area contributed by atoms with Crippen LogP contribution in [-0.2, 0) is 0 Å². The molecule has 1 atom stereocenters. The zero-order chi connectivity index (χ0) is 14.0. The Bertz CT molecular complexity index is 376. The lowest BCUT2D eigenvalue weighted by Gasteiger charge is -2.30. The van der Waals surface area contributed by atoms with Gasteiger partial charge in [-0.2, -0.15) is 0 Å². The highest BCUT2D eigenvalue weighted by Gasteiger charge is 2.26. The second-order valence-corrected chi connectivity index (χ2v) is 6.41. The van der Waals surface area contributed by atoms with E-state index in [1.165, 1.54) is 0 Å². The van der Waals surface area contributed by atoms with Crippen LogP contribution in [0.4, 0.5) is 0 Å². The van der Waals surface area contributed by atoms with Gasteiger partial charge >= 0.3 is 0 Å². The first-order chi connectivity index (χ1) is 8.15. The van der Waals surface area contributed by atoms with Crippen molar-refractivity contribution in [1.82, 2.24) is 0 Å². The third-order valence-electron chi connectivity index (χ3n) is 2.91.